The zero-order valence-corrected chi connectivity index (χ0v) is 15.0. The second-order valence-corrected chi connectivity index (χ2v) is 7.18. The van der Waals surface area contributed by atoms with Gasteiger partial charge < -0.3 is 19.9 Å². The first-order valence-electron chi connectivity index (χ1n) is 9.10. The Labute approximate surface area is 149 Å². The van der Waals surface area contributed by atoms with Gasteiger partial charge in [0.15, 0.2) is 0 Å². The van der Waals surface area contributed by atoms with Crippen molar-refractivity contribution in [1.29, 1.82) is 0 Å². The second-order valence-electron chi connectivity index (χ2n) is 7.18. The normalized spacial score (nSPS) is 21.1. The molecule has 2 aliphatic heterocycles. The summed E-state index contributed by atoms with van der Waals surface area (Å²) in [6.45, 7) is 6.82. The molecule has 2 fully saturated rings. The summed E-state index contributed by atoms with van der Waals surface area (Å²) in [7, 11) is 0. The maximum absolute atomic E-state index is 12.7. The highest BCUT2D eigenvalue weighted by Gasteiger charge is 2.28. The lowest BCUT2D eigenvalue weighted by molar-refractivity contribution is -0.117. The van der Waals surface area contributed by atoms with Crippen LogP contribution in [0, 0.1) is 5.92 Å². The van der Waals surface area contributed by atoms with Crippen LogP contribution in [0.4, 0.5) is 16.2 Å². The van der Waals surface area contributed by atoms with Crippen LogP contribution in [0.2, 0.25) is 0 Å². The van der Waals surface area contributed by atoms with E-state index in [1.807, 2.05) is 29.2 Å². The van der Waals surface area contributed by atoms with Gasteiger partial charge in [-0.05, 0) is 37.0 Å². The fraction of sp³-hybridized carbons (Fsp3) is 0.579. The van der Waals surface area contributed by atoms with E-state index < -0.39 is 0 Å². The summed E-state index contributed by atoms with van der Waals surface area (Å²) in [4.78, 5) is 28.3. The first-order valence-corrected chi connectivity index (χ1v) is 9.10. The van der Waals surface area contributed by atoms with Crippen molar-refractivity contribution in [3.8, 4) is 0 Å². The Kier molecular flexibility index (Phi) is 5.58. The fourth-order valence-corrected chi connectivity index (χ4v) is 3.53. The minimum absolute atomic E-state index is 0.0983. The van der Waals surface area contributed by atoms with Crippen LogP contribution in [-0.4, -0.2) is 49.2 Å². The van der Waals surface area contributed by atoms with Gasteiger partial charge >= 0.3 is 6.03 Å². The van der Waals surface area contributed by atoms with E-state index in [4.69, 9.17) is 4.74 Å². The van der Waals surface area contributed by atoms with Crippen molar-refractivity contribution in [2.45, 2.75) is 39.2 Å². The fourth-order valence-electron chi connectivity index (χ4n) is 3.53. The van der Waals surface area contributed by atoms with Crippen molar-refractivity contribution in [3.05, 3.63) is 24.3 Å². The van der Waals surface area contributed by atoms with Gasteiger partial charge in [-0.3, -0.25) is 4.79 Å². The van der Waals surface area contributed by atoms with Crippen molar-refractivity contribution >= 4 is 23.3 Å². The first-order chi connectivity index (χ1) is 12.0. The number of hydrogen-bond donors (Lipinski definition) is 1. The van der Waals surface area contributed by atoms with Crippen LogP contribution in [0.3, 0.4) is 0 Å². The predicted octanol–water partition coefficient (Wildman–Crippen LogP) is 3.09. The zero-order valence-electron chi connectivity index (χ0n) is 15.0. The van der Waals surface area contributed by atoms with Crippen LogP contribution >= 0.6 is 0 Å². The highest BCUT2D eigenvalue weighted by molar-refractivity contribution is 5.96. The third-order valence-corrected chi connectivity index (χ3v) is 4.71. The van der Waals surface area contributed by atoms with E-state index in [1.165, 1.54) is 0 Å². The van der Waals surface area contributed by atoms with Gasteiger partial charge in [0, 0.05) is 30.9 Å². The average Bonchev–Trinajstić information content (AvgIpc) is 3.01. The highest BCUT2D eigenvalue weighted by atomic mass is 16.5. The van der Waals surface area contributed by atoms with Gasteiger partial charge in [-0.2, -0.15) is 0 Å². The third-order valence-electron chi connectivity index (χ3n) is 4.71. The van der Waals surface area contributed by atoms with E-state index in [2.05, 4.69) is 19.2 Å². The number of morpholine rings is 1. The molecule has 1 atom stereocenters. The molecule has 1 aromatic rings. The molecule has 6 heteroatoms. The molecule has 0 saturated carbocycles. The van der Waals surface area contributed by atoms with E-state index in [-0.39, 0.29) is 18.0 Å². The minimum Gasteiger partial charge on any atom is -0.377 e. The van der Waals surface area contributed by atoms with Crippen LogP contribution in [0.15, 0.2) is 24.3 Å². The number of benzene rings is 1. The molecule has 0 unspecified atom stereocenters. The Morgan fingerprint density at radius 1 is 1.36 bits per heavy atom. The predicted molar refractivity (Wildman–Crippen MR) is 97.8 cm³/mol. The van der Waals surface area contributed by atoms with E-state index >= 15 is 0 Å². The van der Waals surface area contributed by atoms with Gasteiger partial charge in [-0.25, -0.2) is 4.79 Å². The summed E-state index contributed by atoms with van der Waals surface area (Å²) in [6.07, 6.45) is 2.41. The smallest absolute Gasteiger partial charge is 0.322 e. The summed E-state index contributed by atoms with van der Waals surface area (Å²) < 4.78 is 5.55. The van der Waals surface area contributed by atoms with Gasteiger partial charge in [0.25, 0.3) is 0 Å². The van der Waals surface area contributed by atoms with Crippen molar-refractivity contribution in [1.82, 2.24) is 4.90 Å². The molecular formula is C19H27N3O3. The lowest BCUT2D eigenvalue weighted by Crippen LogP contribution is -2.50. The number of nitrogens with one attached hydrogen (secondary N) is 1. The van der Waals surface area contributed by atoms with Gasteiger partial charge in [-0.15, -0.1) is 0 Å². The molecule has 2 saturated heterocycles. The lowest BCUT2D eigenvalue weighted by Gasteiger charge is -2.36. The number of nitrogens with zero attached hydrogens (tertiary/aromatic N) is 2. The van der Waals surface area contributed by atoms with Crippen LogP contribution in [0.1, 0.15) is 33.1 Å². The number of carbonyl (C=O) groups is 2. The summed E-state index contributed by atoms with van der Waals surface area (Å²) in [6, 6.07) is 7.53. The highest BCUT2D eigenvalue weighted by Crippen LogP contribution is 2.25. The number of amides is 3. The Balaban J connectivity index is 1.68. The van der Waals surface area contributed by atoms with Crippen LogP contribution in [0.5, 0.6) is 0 Å². The molecule has 136 valence electrons. The maximum atomic E-state index is 12.7. The Morgan fingerprint density at radius 3 is 2.92 bits per heavy atom. The first kappa shape index (κ1) is 17.7. The third kappa shape index (κ3) is 4.31. The van der Waals surface area contributed by atoms with Crippen molar-refractivity contribution in [2.75, 3.05) is 36.5 Å². The molecule has 2 aliphatic rings. The molecule has 1 aromatic carbocycles. The Hall–Kier alpha value is -2.08. The Bertz CT molecular complexity index is 632. The number of carbonyl (C=O) groups excluding carboxylic acids is 2. The maximum Gasteiger partial charge on any atom is 0.322 e. The molecular weight excluding hydrogens is 318 g/mol. The molecule has 25 heavy (non-hydrogen) atoms. The van der Waals surface area contributed by atoms with Crippen LogP contribution in [0.25, 0.3) is 0 Å². The summed E-state index contributed by atoms with van der Waals surface area (Å²) in [5.74, 6) is 0.653. The van der Waals surface area contributed by atoms with E-state index in [1.54, 1.807) is 4.90 Å². The number of urea groups is 1. The molecule has 1 N–H and O–H groups in total. The van der Waals surface area contributed by atoms with Crippen LogP contribution in [-0.2, 0) is 9.53 Å². The van der Waals surface area contributed by atoms with Crippen molar-refractivity contribution < 1.29 is 14.3 Å². The second kappa shape index (κ2) is 7.87. The number of rotatable bonds is 4. The topological polar surface area (TPSA) is 61.9 Å². The van der Waals surface area contributed by atoms with Gasteiger partial charge in [-0.1, -0.05) is 19.9 Å². The van der Waals surface area contributed by atoms with E-state index in [9.17, 15) is 9.59 Å². The van der Waals surface area contributed by atoms with E-state index in [0.717, 1.165) is 30.8 Å². The average molecular weight is 345 g/mol. The molecule has 2 heterocycles. The van der Waals surface area contributed by atoms with Crippen LogP contribution < -0.4 is 10.2 Å². The van der Waals surface area contributed by atoms with Crippen molar-refractivity contribution in [2.24, 2.45) is 5.92 Å². The Morgan fingerprint density at radius 2 is 2.20 bits per heavy atom. The quantitative estimate of drug-likeness (QED) is 0.912. The monoisotopic (exact) mass is 345 g/mol. The molecule has 6 nitrogen and oxygen atoms in total. The molecule has 3 rings (SSSR count). The standard InChI is InChI=1S/C19H27N3O3/c1-14(2)11-17-13-25-10-9-22(17)19(24)20-15-5-3-6-16(12-15)21-8-4-7-18(21)23/h3,5-6,12,14,17H,4,7-11,13H2,1-2H3,(H,20,24)/t17-/m0/s1. The van der Waals surface area contributed by atoms with Gasteiger partial charge in [0.2, 0.25) is 5.91 Å². The number of anilines is 2. The number of ether oxygens (including phenoxy) is 1. The molecule has 0 aliphatic carbocycles. The minimum atomic E-state index is -0.0983. The van der Waals surface area contributed by atoms with E-state index in [0.29, 0.717) is 32.1 Å². The molecule has 0 aromatic heterocycles. The molecule has 3 amide bonds. The van der Waals surface area contributed by atoms with Gasteiger partial charge in [0.05, 0.1) is 19.3 Å². The lowest BCUT2D eigenvalue weighted by atomic mass is 10.0. The summed E-state index contributed by atoms with van der Waals surface area (Å²) in [5, 5.41) is 2.99. The van der Waals surface area contributed by atoms with Gasteiger partial charge in [0.1, 0.15) is 0 Å². The summed E-state index contributed by atoms with van der Waals surface area (Å²) in [5.41, 5.74) is 1.57. The zero-order chi connectivity index (χ0) is 17.8. The molecule has 0 spiro atoms. The summed E-state index contributed by atoms with van der Waals surface area (Å²) >= 11 is 0. The SMILES string of the molecule is CC(C)C[C@H]1COCCN1C(=O)Nc1cccc(N2CCCC2=O)c1. The van der Waals surface area contributed by atoms with Crippen molar-refractivity contribution in [3.63, 3.8) is 0 Å². The molecule has 0 bridgehead atoms. The number of hydrogen-bond acceptors (Lipinski definition) is 3. The molecule has 0 radical (unpaired) electrons. The largest absolute Gasteiger partial charge is 0.377 e.